The second-order valence-electron chi connectivity index (χ2n) is 13.5. The lowest BCUT2D eigenvalue weighted by Crippen LogP contribution is -2.58. The zero-order valence-electron chi connectivity index (χ0n) is 29.7. The fraction of sp³-hybridized carbons (Fsp3) is 0.450. The van der Waals surface area contributed by atoms with E-state index in [0.29, 0.717) is 6.61 Å². The van der Waals surface area contributed by atoms with Crippen LogP contribution < -0.4 is 27.0 Å². The molecule has 0 radical (unpaired) electrons. The maximum absolute atomic E-state index is 13.5. The molecule has 2 aliphatic rings. The van der Waals surface area contributed by atoms with Crippen LogP contribution in [-0.2, 0) is 43.4 Å². The molecule has 50 heavy (non-hydrogen) atoms. The van der Waals surface area contributed by atoms with Gasteiger partial charge < -0.3 is 31.7 Å². The molecule has 6 N–H and O–H groups in total. The molecule has 5 rings (SSSR count). The normalized spacial score (nSPS) is 18.2. The van der Waals surface area contributed by atoms with Crippen molar-refractivity contribution in [3.05, 3.63) is 107 Å². The van der Waals surface area contributed by atoms with E-state index >= 15 is 0 Å². The van der Waals surface area contributed by atoms with E-state index in [2.05, 4.69) is 33.4 Å². The minimum atomic E-state index is -0.912. The van der Waals surface area contributed by atoms with Crippen molar-refractivity contribution in [3.63, 3.8) is 0 Å². The topological polar surface area (TPSA) is 152 Å². The highest BCUT2D eigenvalue weighted by Gasteiger charge is 2.32. The van der Waals surface area contributed by atoms with Crippen LogP contribution in [0.5, 0.6) is 0 Å². The Kier molecular flexibility index (Phi) is 14.5. The molecule has 0 bridgehead atoms. The first-order chi connectivity index (χ1) is 24.1. The number of fused-ring (bicyclic) bond motifs is 2. The molecule has 2 aliphatic carbocycles. The SMILES string of the molecule is CNC(C)C(=O)NC(C(=O)NC(COCc1ccccc1)C(=O)NC1CCCc2ccccc21)C(C)C.NC(=O)C1CCCc2ccccc21. The Morgan fingerprint density at radius 2 is 1.36 bits per heavy atom. The average Bonchev–Trinajstić information content (AvgIpc) is 3.13. The molecule has 10 nitrogen and oxygen atoms in total. The van der Waals surface area contributed by atoms with Gasteiger partial charge >= 0.3 is 0 Å². The highest BCUT2D eigenvalue weighted by molar-refractivity contribution is 5.93. The van der Waals surface area contributed by atoms with Crippen molar-refractivity contribution < 1.29 is 23.9 Å². The largest absolute Gasteiger partial charge is 0.374 e. The second-order valence-corrected chi connectivity index (χ2v) is 13.5. The van der Waals surface area contributed by atoms with Gasteiger partial charge in [-0.05, 0) is 86.2 Å². The fourth-order valence-electron chi connectivity index (χ4n) is 6.48. The highest BCUT2D eigenvalue weighted by atomic mass is 16.5. The summed E-state index contributed by atoms with van der Waals surface area (Å²) in [6, 6.07) is 23.6. The summed E-state index contributed by atoms with van der Waals surface area (Å²) >= 11 is 0. The summed E-state index contributed by atoms with van der Waals surface area (Å²) in [6.45, 7) is 5.76. The summed E-state index contributed by atoms with van der Waals surface area (Å²) in [4.78, 5) is 50.4. The first-order valence-corrected chi connectivity index (χ1v) is 17.7. The maximum atomic E-state index is 13.5. The number of carbonyl (C=O) groups is 4. The van der Waals surface area contributed by atoms with Crippen molar-refractivity contribution in [2.75, 3.05) is 13.7 Å². The van der Waals surface area contributed by atoms with Crippen molar-refractivity contribution in [1.82, 2.24) is 21.3 Å². The molecule has 268 valence electrons. The third-order valence-corrected chi connectivity index (χ3v) is 9.50. The van der Waals surface area contributed by atoms with Crippen LogP contribution in [0.3, 0.4) is 0 Å². The standard InChI is InChI=1S/C29H40N4O4.C11H13NO/c1-19(2)26(33-27(34)20(3)30-4)29(36)32-25(18-37-17-21-11-6-5-7-12-21)28(35)31-24-16-10-14-22-13-8-9-15-23(22)24;12-11(13)10-7-3-5-8-4-1-2-6-9(8)10/h5-9,11-13,15,19-20,24-26,30H,10,14,16-18H2,1-4H3,(H,31,35)(H,32,36)(H,33,34);1-2,4,6,10H,3,5,7H2,(H2,12,13). The van der Waals surface area contributed by atoms with E-state index in [-0.39, 0.29) is 42.2 Å². The van der Waals surface area contributed by atoms with Gasteiger partial charge in [-0.1, -0.05) is 92.7 Å². The summed E-state index contributed by atoms with van der Waals surface area (Å²) in [5, 5.41) is 11.7. The quantitative estimate of drug-likeness (QED) is 0.182. The van der Waals surface area contributed by atoms with Gasteiger partial charge in [0.25, 0.3) is 0 Å². The van der Waals surface area contributed by atoms with E-state index in [9.17, 15) is 19.2 Å². The Labute approximate surface area is 296 Å². The van der Waals surface area contributed by atoms with E-state index in [4.69, 9.17) is 10.5 Å². The Morgan fingerprint density at radius 3 is 2.00 bits per heavy atom. The number of hydrogen-bond donors (Lipinski definition) is 5. The number of hydrogen-bond acceptors (Lipinski definition) is 6. The lowest BCUT2D eigenvalue weighted by Gasteiger charge is -2.29. The average molecular weight is 684 g/mol. The number of likely N-dealkylation sites (N-methyl/N-ethyl adjacent to an activating group) is 1. The molecule has 5 atom stereocenters. The third-order valence-electron chi connectivity index (χ3n) is 9.50. The van der Waals surface area contributed by atoms with Gasteiger partial charge in [-0.2, -0.15) is 0 Å². The molecular formula is C40H53N5O5. The number of rotatable bonds is 13. The number of nitrogens with two attached hydrogens (primary N) is 1. The number of amides is 4. The molecule has 0 spiro atoms. The van der Waals surface area contributed by atoms with E-state index in [1.54, 1.807) is 14.0 Å². The van der Waals surface area contributed by atoms with Gasteiger partial charge in [-0.3, -0.25) is 19.2 Å². The molecule has 3 aromatic rings. The van der Waals surface area contributed by atoms with Gasteiger partial charge in [-0.15, -0.1) is 0 Å². The van der Waals surface area contributed by atoms with Crippen LogP contribution in [0.4, 0.5) is 0 Å². The van der Waals surface area contributed by atoms with Crippen molar-refractivity contribution in [3.8, 4) is 0 Å². The Balaban J connectivity index is 0.000000358. The van der Waals surface area contributed by atoms with Crippen LogP contribution in [0, 0.1) is 5.92 Å². The van der Waals surface area contributed by atoms with Crippen molar-refractivity contribution in [1.29, 1.82) is 0 Å². The number of ether oxygens (including phenoxy) is 1. The zero-order chi connectivity index (χ0) is 36.0. The number of carbonyl (C=O) groups excluding carboxylic acids is 4. The van der Waals surface area contributed by atoms with Gasteiger partial charge in [-0.25, -0.2) is 0 Å². The summed E-state index contributed by atoms with van der Waals surface area (Å²) in [6.07, 6.45) is 5.87. The lowest BCUT2D eigenvalue weighted by atomic mass is 9.82. The van der Waals surface area contributed by atoms with E-state index in [1.807, 2.05) is 80.6 Å². The predicted octanol–water partition coefficient (Wildman–Crippen LogP) is 4.22. The molecule has 5 unspecified atom stereocenters. The van der Waals surface area contributed by atoms with Crippen molar-refractivity contribution >= 4 is 23.6 Å². The molecule has 0 heterocycles. The summed E-state index contributed by atoms with van der Waals surface area (Å²) < 4.78 is 5.87. The van der Waals surface area contributed by atoms with E-state index < -0.39 is 24.0 Å². The summed E-state index contributed by atoms with van der Waals surface area (Å²) in [5.74, 6) is -1.42. The lowest BCUT2D eigenvalue weighted by molar-refractivity contribution is -0.134. The van der Waals surface area contributed by atoms with Crippen LogP contribution in [0.1, 0.15) is 86.2 Å². The minimum Gasteiger partial charge on any atom is -0.374 e. The fourth-order valence-corrected chi connectivity index (χ4v) is 6.48. The molecule has 3 aromatic carbocycles. The smallest absolute Gasteiger partial charge is 0.245 e. The van der Waals surface area contributed by atoms with Gasteiger partial charge in [0.15, 0.2) is 0 Å². The molecule has 0 saturated carbocycles. The molecule has 0 aliphatic heterocycles. The zero-order valence-corrected chi connectivity index (χ0v) is 29.7. The summed E-state index contributed by atoms with van der Waals surface area (Å²) in [7, 11) is 1.68. The summed E-state index contributed by atoms with van der Waals surface area (Å²) in [5.41, 5.74) is 11.1. The predicted molar refractivity (Wildman–Crippen MR) is 195 cm³/mol. The third kappa shape index (κ3) is 10.7. The van der Waals surface area contributed by atoms with Crippen LogP contribution >= 0.6 is 0 Å². The van der Waals surface area contributed by atoms with Gasteiger partial charge in [0, 0.05) is 0 Å². The van der Waals surface area contributed by atoms with Gasteiger partial charge in [0.1, 0.15) is 12.1 Å². The van der Waals surface area contributed by atoms with Crippen LogP contribution in [-0.4, -0.2) is 55.4 Å². The highest BCUT2D eigenvalue weighted by Crippen LogP contribution is 2.31. The van der Waals surface area contributed by atoms with Crippen LogP contribution in [0.25, 0.3) is 0 Å². The van der Waals surface area contributed by atoms with Gasteiger partial charge in [0.05, 0.1) is 31.2 Å². The molecular weight excluding hydrogens is 630 g/mol. The van der Waals surface area contributed by atoms with Crippen molar-refractivity contribution in [2.24, 2.45) is 11.7 Å². The van der Waals surface area contributed by atoms with Crippen LogP contribution in [0.15, 0.2) is 78.9 Å². The number of nitrogens with one attached hydrogen (secondary N) is 4. The number of aryl methyl sites for hydroxylation is 2. The first-order valence-electron chi connectivity index (χ1n) is 17.7. The Bertz CT molecular complexity index is 1580. The Morgan fingerprint density at radius 1 is 0.760 bits per heavy atom. The molecule has 0 saturated heterocycles. The first kappa shape index (κ1) is 38.3. The van der Waals surface area contributed by atoms with Gasteiger partial charge in [0.2, 0.25) is 23.6 Å². The monoisotopic (exact) mass is 683 g/mol. The molecule has 0 aromatic heterocycles. The maximum Gasteiger partial charge on any atom is 0.245 e. The van der Waals surface area contributed by atoms with Crippen molar-refractivity contribution in [2.45, 2.75) is 96.0 Å². The van der Waals surface area contributed by atoms with E-state index in [0.717, 1.165) is 55.2 Å². The molecule has 10 heteroatoms. The Hall–Kier alpha value is -4.54. The molecule has 0 fully saturated rings. The number of primary amides is 1. The second kappa shape index (κ2) is 19.0. The minimum absolute atomic E-state index is 0.00646. The van der Waals surface area contributed by atoms with E-state index in [1.165, 1.54) is 11.1 Å². The van der Waals surface area contributed by atoms with Crippen LogP contribution in [0.2, 0.25) is 0 Å². The molecule has 4 amide bonds. The number of benzene rings is 3.